The average molecular weight is 636 g/mol. The maximum atomic E-state index is 14.4. The third kappa shape index (κ3) is 8.67. The quantitative estimate of drug-likeness (QED) is 0.212. The van der Waals surface area contributed by atoms with E-state index in [1.54, 1.807) is 54.6 Å². The molecule has 1 atom stereocenters. The van der Waals surface area contributed by atoms with Gasteiger partial charge in [-0.1, -0.05) is 72.3 Å². The molecule has 10 heteroatoms. The molecule has 4 aromatic carbocycles. The Morgan fingerprint density at radius 3 is 1.95 bits per heavy atom. The number of hydrogen-bond acceptors (Lipinski definition) is 4. The van der Waals surface area contributed by atoms with Crippen molar-refractivity contribution < 1.29 is 22.4 Å². The van der Waals surface area contributed by atoms with Gasteiger partial charge in [0.15, 0.2) is 0 Å². The smallest absolute Gasteiger partial charge is 0.264 e. The number of halogens is 2. The van der Waals surface area contributed by atoms with E-state index < -0.39 is 39.9 Å². The van der Waals surface area contributed by atoms with E-state index in [1.807, 2.05) is 51.1 Å². The van der Waals surface area contributed by atoms with Crippen LogP contribution < -0.4 is 9.62 Å². The maximum absolute atomic E-state index is 14.4. The minimum atomic E-state index is -4.31. The molecule has 0 heterocycles. The average Bonchev–Trinajstić information content (AvgIpc) is 2.98. The molecular formula is C34H35ClFN3O4S. The van der Waals surface area contributed by atoms with Gasteiger partial charge >= 0.3 is 0 Å². The molecule has 0 fully saturated rings. The highest BCUT2D eigenvalue weighted by Crippen LogP contribution is 2.25. The highest BCUT2D eigenvalue weighted by Gasteiger charge is 2.35. The topological polar surface area (TPSA) is 86.8 Å². The van der Waals surface area contributed by atoms with Crippen LogP contribution in [-0.2, 0) is 32.6 Å². The molecule has 0 bridgehead atoms. The number of rotatable bonds is 11. The van der Waals surface area contributed by atoms with E-state index in [0.29, 0.717) is 10.6 Å². The number of benzene rings is 4. The number of para-hydroxylation sites is 1. The van der Waals surface area contributed by atoms with Crippen molar-refractivity contribution in [1.82, 2.24) is 10.2 Å². The number of nitrogens with zero attached hydrogens (tertiary/aromatic N) is 2. The molecule has 0 aliphatic carbocycles. The summed E-state index contributed by atoms with van der Waals surface area (Å²) in [7, 11) is -4.31. The first-order valence-corrected chi connectivity index (χ1v) is 15.9. The number of amides is 2. The number of carbonyl (C=O) groups is 2. The SMILES string of the molecule is CC(C)(C)NC(=O)[C@@H](Cc1ccccc1)N(Cc1ccc(Cl)cc1)C(=O)CN(c1ccccc1)S(=O)(=O)c1ccc(F)cc1. The molecule has 4 rings (SSSR count). The Balaban J connectivity index is 1.79. The normalized spacial score (nSPS) is 12.3. The zero-order chi connectivity index (χ0) is 31.9. The molecule has 7 nitrogen and oxygen atoms in total. The van der Waals surface area contributed by atoms with Crippen molar-refractivity contribution in [2.45, 2.75) is 50.2 Å². The molecule has 2 amide bonds. The van der Waals surface area contributed by atoms with Crippen LogP contribution in [0, 0.1) is 5.82 Å². The fourth-order valence-electron chi connectivity index (χ4n) is 4.65. The van der Waals surface area contributed by atoms with Crippen LogP contribution in [-0.4, -0.2) is 43.3 Å². The molecule has 44 heavy (non-hydrogen) atoms. The molecular weight excluding hydrogens is 601 g/mol. The molecule has 0 saturated heterocycles. The van der Waals surface area contributed by atoms with Gasteiger partial charge in [0.1, 0.15) is 18.4 Å². The van der Waals surface area contributed by atoms with Gasteiger partial charge < -0.3 is 10.2 Å². The van der Waals surface area contributed by atoms with Crippen LogP contribution in [0.3, 0.4) is 0 Å². The predicted molar refractivity (Wildman–Crippen MR) is 171 cm³/mol. The van der Waals surface area contributed by atoms with Gasteiger partial charge in [-0.2, -0.15) is 0 Å². The summed E-state index contributed by atoms with van der Waals surface area (Å²) in [5.41, 5.74) is 1.19. The molecule has 0 radical (unpaired) electrons. The molecule has 230 valence electrons. The Morgan fingerprint density at radius 2 is 1.39 bits per heavy atom. The molecule has 0 saturated carbocycles. The van der Waals surface area contributed by atoms with E-state index >= 15 is 0 Å². The summed E-state index contributed by atoms with van der Waals surface area (Å²) in [6.45, 7) is 4.96. The largest absolute Gasteiger partial charge is 0.350 e. The van der Waals surface area contributed by atoms with E-state index in [0.717, 1.165) is 34.1 Å². The lowest BCUT2D eigenvalue weighted by Gasteiger charge is -2.35. The van der Waals surface area contributed by atoms with Crippen molar-refractivity contribution in [2.75, 3.05) is 10.8 Å². The number of sulfonamides is 1. The van der Waals surface area contributed by atoms with Crippen LogP contribution in [0.2, 0.25) is 5.02 Å². The van der Waals surface area contributed by atoms with Gasteiger partial charge in [0.25, 0.3) is 10.0 Å². The second kappa shape index (κ2) is 14.1. The molecule has 4 aromatic rings. The first-order valence-electron chi connectivity index (χ1n) is 14.1. The number of nitrogens with one attached hydrogen (secondary N) is 1. The Morgan fingerprint density at radius 1 is 0.818 bits per heavy atom. The third-order valence-electron chi connectivity index (χ3n) is 6.76. The second-order valence-electron chi connectivity index (χ2n) is 11.4. The Bertz CT molecular complexity index is 1660. The summed E-state index contributed by atoms with van der Waals surface area (Å²) in [6, 6.07) is 27.9. The lowest BCUT2D eigenvalue weighted by Crippen LogP contribution is -2.56. The van der Waals surface area contributed by atoms with Crippen LogP contribution >= 0.6 is 11.6 Å². The fraction of sp³-hybridized carbons (Fsp3) is 0.235. The van der Waals surface area contributed by atoms with Gasteiger partial charge in [-0.15, -0.1) is 0 Å². The van der Waals surface area contributed by atoms with Crippen molar-refractivity contribution in [3.63, 3.8) is 0 Å². The highest BCUT2D eigenvalue weighted by atomic mass is 35.5. The minimum Gasteiger partial charge on any atom is -0.350 e. The predicted octanol–water partition coefficient (Wildman–Crippen LogP) is 6.23. The van der Waals surface area contributed by atoms with Crippen LogP contribution in [0.4, 0.5) is 10.1 Å². The molecule has 0 aliphatic rings. The van der Waals surface area contributed by atoms with Crippen molar-refractivity contribution in [3.8, 4) is 0 Å². The van der Waals surface area contributed by atoms with Crippen LogP contribution in [0.25, 0.3) is 0 Å². The number of hydrogen-bond donors (Lipinski definition) is 1. The van der Waals surface area contributed by atoms with Gasteiger partial charge in [0.05, 0.1) is 10.6 Å². The van der Waals surface area contributed by atoms with Crippen molar-refractivity contribution in [1.29, 1.82) is 0 Å². The first-order chi connectivity index (χ1) is 20.8. The number of anilines is 1. The van der Waals surface area contributed by atoms with Gasteiger partial charge in [-0.05, 0) is 80.4 Å². The van der Waals surface area contributed by atoms with Gasteiger partial charge in [-0.3, -0.25) is 13.9 Å². The van der Waals surface area contributed by atoms with Crippen molar-refractivity contribution >= 4 is 39.1 Å². The third-order valence-corrected chi connectivity index (χ3v) is 8.80. The van der Waals surface area contributed by atoms with Gasteiger partial charge in [0, 0.05) is 23.5 Å². The Kier molecular flexibility index (Phi) is 10.4. The summed E-state index contributed by atoms with van der Waals surface area (Å²) in [6.07, 6.45) is 0.193. The van der Waals surface area contributed by atoms with E-state index in [9.17, 15) is 22.4 Å². The van der Waals surface area contributed by atoms with E-state index in [1.165, 1.54) is 4.90 Å². The highest BCUT2D eigenvalue weighted by molar-refractivity contribution is 7.92. The summed E-state index contributed by atoms with van der Waals surface area (Å²) < 4.78 is 42.5. The lowest BCUT2D eigenvalue weighted by molar-refractivity contribution is -0.140. The fourth-order valence-corrected chi connectivity index (χ4v) is 6.19. The van der Waals surface area contributed by atoms with Crippen molar-refractivity contribution in [3.05, 3.63) is 131 Å². The molecule has 0 spiro atoms. The number of carbonyl (C=O) groups excluding carboxylic acids is 2. The zero-order valence-electron chi connectivity index (χ0n) is 24.8. The summed E-state index contributed by atoms with van der Waals surface area (Å²) in [4.78, 5) is 29.5. The second-order valence-corrected chi connectivity index (χ2v) is 13.7. The monoisotopic (exact) mass is 635 g/mol. The van der Waals surface area contributed by atoms with E-state index in [-0.39, 0.29) is 29.5 Å². The van der Waals surface area contributed by atoms with E-state index in [4.69, 9.17) is 11.6 Å². The van der Waals surface area contributed by atoms with Crippen LogP contribution in [0.15, 0.2) is 114 Å². The Labute approximate surface area is 263 Å². The standard InChI is InChI=1S/C34H35ClFN3O4S/c1-34(2,3)37-33(41)31(22-25-10-6-4-7-11-25)38(23-26-14-16-27(35)17-15-26)32(40)24-39(29-12-8-5-9-13-29)44(42,43)30-20-18-28(36)19-21-30/h4-21,31H,22-24H2,1-3H3,(H,37,41)/t31-/m1/s1. The van der Waals surface area contributed by atoms with Crippen molar-refractivity contribution in [2.24, 2.45) is 0 Å². The molecule has 0 aromatic heterocycles. The summed E-state index contributed by atoms with van der Waals surface area (Å²) in [5, 5.41) is 3.51. The van der Waals surface area contributed by atoms with E-state index in [2.05, 4.69) is 5.32 Å². The molecule has 0 unspecified atom stereocenters. The minimum absolute atomic E-state index is 0.0181. The lowest BCUT2D eigenvalue weighted by atomic mass is 10.0. The van der Waals surface area contributed by atoms with Crippen LogP contribution in [0.1, 0.15) is 31.9 Å². The summed E-state index contributed by atoms with van der Waals surface area (Å²) >= 11 is 6.12. The Hall–Kier alpha value is -4.21. The summed E-state index contributed by atoms with van der Waals surface area (Å²) in [5.74, 6) is -1.56. The van der Waals surface area contributed by atoms with Crippen LogP contribution in [0.5, 0.6) is 0 Å². The van der Waals surface area contributed by atoms with Gasteiger partial charge in [0.2, 0.25) is 11.8 Å². The maximum Gasteiger partial charge on any atom is 0.264 e. The first kappa shape index (κ1) is 32.7. The molecule has 1 N–H and O–H groups in total. The van der Waals surface area contributed by atoms with Gasteiger partial charge in [-0.25, -0.2) is 12.8 Å². The zero-order valence-corrected chi connectivity index (χ0v) is 26.4. The molecule has 0 aliphatic heterocycles.